The zero-order valence-electron chi connectivity index (χ0n) is 11.2. The summed E-state index contributed by atoms with van der Waals surface area (Å²) in [4.78, 5) is 2.05. The third kappa shape index (κ3) is 3.08. The van der Waals surface area contributed by atoms with Crippen LogP contribution in [0, 0.1) is 12.0 Å². The molecule has 2 aromatic rings. The largest absolute Gasteiger partial charge is 0.462 e. The summed E-state index contributed by atoms with van der Waals surface area (Å²) in [7, 11) is 4.02. The minimum atomic E-state index is -0.0950. The molecule has 0 amide bonds. The zero-order chi connectivity index (χ0) is 13.7. The Balaban J connectivity index is 2.36. The summed E-state index contributed by atoms with van der Waals surface area (Å²) >= 11 is 0. The molecule has 2 heteroatoms. The van der Waals surface area contributed by atoms with Crippen molar-refractivity contribution < 1.29 is 5.11 Å². The van der Waals surface area contributed by atoms with Crippen molar-refractivity contribution in [1.82, 2.24) is 0 Å². The first kappa shape index (κ1) is 13.0. The van der Waals surface area contributed by atoms with Crippen LogP contribution in [-0.2, 0) is 0 Å². The normalized spacial score (nSPS) is 11.3. The van der Waals surface area contributed by atoms with Crippen LogP contribution in [0.5, 0.6) is 0 Å². The monoisotopic (exact) mass is 251 g/mol. The molecule has 2 rings (SSSR count). The molecule has 0 bridgehead atoms. The van der Waals surface area contributed by atoms with Crippen LogP contribution in [0.25, 0.3) is 0 Å². The molecule has 0 fully saturated rings. The number of rotatable bonds is 3. The van der Waals surface area contributed by atoms with Gasteiger partial charge in [-0.05, 0) is 29.2 Å². The van der Waals surface area contributed by atoms with Gasteiger partial charge in [-0.2, -0.15) is 0 Å². The molecule has 2 nitrogen and oxygen atoms in total. The van der Waals surface area contributed by atoms with Crippen molar-refractivity contribution in [2.24, 2.45) is 0 Å². The predicted octanol–water partition coefficient (Wildman–Crippen LogP) is 3.22. The van der Waals surface area contributed by atoms with Gasteiger partial charge in [0.05, 0.1) is 5.92 Å². The highest BCUT2D eigenvalue weighted by atomic mass is 16.2. The minimum absolute atomic E-state index is 0.0950. The molecule has 0 aromatic heterocycles. The topological polar surface area (TPSA) is 23.5 Å². The molecule has 1 N–H and O–H groups in total. The Hall–Kier alpha value is -2.40. The van der Waals surface area contributed by atoms with Crippen LogP contribution in [0.2, 0.25) is 0 Å². The van der Waals surface area contributed by atoms with Gasteiger partial charge in [-0.3, -0.25) is 0 Å². The lowest BCUT2D eigenvalue weighted by Crippen LogP contribution is -2.08. The second-order valence-corrected chi connectivity index (χ2v) is 4.59. The molecule has 0 aliphatic carbocycles. The maximum atomic E-state index is 8.93. The third-order valence-corrected chi connectivity index (χ3v) is 3.08. The van der Waals surface area contributed by atoms with Crippen molar-refractivity contribution in [3.63, 3.8) is 0 Å². The first-order valence-corrected chi connectivity index (χ1v) is 6.19. The van der Waals surface area contributed by atoms with Crippen LogP contribution in [0.1, 0.15) is 17.0 Å². The summed E-state index contributed by atoms with van der Waals surface area (Å²) in [6.45, 7) is 0. The van der Waals surface area contributed by atoms with E-state index in [1.165, 1.54) is 0 Å². The fraction of sp³-hybridized carbons (Fsp3) is 0.176. The van der Waals surface area contributed by atoms with E-state index in [0.717, 1.165) is 16.8 Å². The molecule has 0 aliphatic heterocycles. The van der Waals surface area contributed by atoms with Crippen LogP contribution in [-0.4, -0.2) is 19.2 Å². The van der Waals surface area contributed by atoms with Gasteiger partial charge in [-0.1, -0.05) is 42.5 Å². The van der Waals surface area contributed by atoms with Gasteiger partial charge >= 0.3 is 0 Å². The summed E-state index contributed by atoms with van der Waals surface area (Å²) < 4.78 is 0. The zero-order valence-corrected chi connectivity index (χ0v) is 11.2. The van der Waals surface area contributed by atoms with Crippen LogP contribution in [0.3, 0.4) is 0 Å². The van der Waals surface area contributed by atoms with Gasteiger partial charge in [-0.15, -0.1) is 0 Å². The van der Waals surface area contributed by atoms with E-state index >= 15 is 0 Å². The Labute approximate surface area is 114 Å². The molecule has 0 saturated carbocycles. The highest BCUT2D eigenvalue weighted by Gasteiger charge is 2.11. The maximum absolute atomic E-state index is 8.93. The van der Waals surface area contributed by atoms with Crippen molar-refractivity contribution in [3.05, 3.63) is 65.7 Å². The Bertz CT molecular complexity index is 576. The average Bonchev–Trinajstić information content (AvgIpc) is 2.46. The Morgan fingerprint density at radius 1 is 0.895 bits per heavy atom. The van der Waals surface area contributed by atoms with E-state index in [-0.39, 0.29) is 5.92 Å². The fourth-order valence-corrected chi connectivity index (χ4v) is 2.03. The van der Waals surface area contributed by atoms with E-state index < -0.39 is 0 Å². The van der Waals surface area contributed by atoms with Crippen LogP contribution >= 0.6 is 0 Å². The summed E-state index contributed by atoms with van der Waals surface area (Å²) in [5, 5.41) is 8.93. The Morgan fingerprint density at radius 2 is 1.47 bits per heavy atom. The molecule has 2 aromatic carbocycles. The smallest absolute Gasteiger partial charge is 0.108 e. The second kappa shape index (κ2) is 5.97. The number of anilines is 1. The predicted molar refractivity (Wildman–Crippen MR) is 78.8 cm³/mol. The van der Waals surface area contributed by atoms with Crippen molar-refractivity contribution in [2.75, 3.05) is 19.0 Å². The van der Waals surface area contributed by atoms with E-state index in [0.29, 0.717) is 0 Å². The second-order valence-electron chi connectivity index (χ2n) is 4.59. The number of aliphatic hydroxyl groups excluding tert-OH is 1. The number of benzene rings is 2. The van der Waals surface area contributed by atoms with Gasteiger partial charge in [0.25, 0.3) is 0 Å². The van der Waals surface area contributed by atoms with Crippen LogP contribution in [0.15, 0.2) is 54.6 Å². The van der Waals surface area contributed by atoms with Gasteiger partial charge in [-0.25, -0.2) is 0 Å². The quantitative estimate of drug-likeness (QED) is 0.847. The van der Waals surface area contributed by atoms with Crippen LogP contribution < -0.4 is 4.90 Å². The number of nitrogens with zero attached hydrogens (tertiary/aromatic N) is 1. The fourth-order valence-electron chi connectivity index (χ4n) is 2.03. The first-order chi connectivity index (χ1) is 9.22. The SMILES string of the molecule is CN(C)c1ccc(C(C#CO)c2ccccc2)cc1. The first-order valence-electron chi connectivity index (χ1n) is 6.19. The lowest BCUT2D eigenvalue weighted by atomic mass is 9.92. The molecule has 1 unspecified atom stereocenters. The molecule has 0 radical (unpaired) electrons. The standard InChI is InChI=1S/C17H17NO/c1-18(2)16-10-8-15(9-11-16)17(12-13-19)14-6-4-3-5-7-14/h3-11,17,19H,1-2H3. The van der Waals surface area contributed by atoms with E-state index in [2.05, 4.69) is 35.1 Å². The highest BCUT2D eigenvalue weighted by Crippen LogP contribution is 2.25. The van der Waals surface area contributed by atoms with Gasteiger partial charge < -0.3 is 10.0 Å². The lowest BCUT2D eigenvalue weighted by molar-refractivity contribution is 0.516. The van der Waals surface area contributed by atoms with Gasteiger partial charge in [0.15, 0.2) is 0 Å². The summed E-state index contributed by atoms with van der Waals surface area (Å²) in [5.41, 5.74) is 3.31. The molecule has 0 aliphatic rings. The van der Waals surface area contributed by atoms with Crippen molar-refractivity contribution in [2.45, 2.75) is 5.92 Å². The van der Waals surface area contributed by atoms with Crippen molar-refractivity contribution in [3.8, 4) is 12.0 Å². The molecule has 0 saturated heterocycles. The molecular weight excluding hydrogens is 234 g/mol. The minimum Gasteiger partial charge on any atom is -0.462 e. The lowest BCUT2D eigenvalue weighted by Gasteiger charge is -2.15. The van der Waals surface area contributed by atoms with Crippen LogP contribution in [0.4, 0.5) is 5.69 Å². The molecular formula is C17H17NO. The van der Waals surface area contributed by atoms with Crippen molar-refractivity contribution in [1.29, 1.82) is 0 Å². The van der Waals surface area contributed by atoms with E-state index in [1.54, 1.807) is 0 Å². The third-order valence-electron chi connectivity index (χ3n) is 3.08. The maximum Gasteiger partial charge on any atom is 0.108 e. The summed E-state index contributed by atoms with van der Waals surface area (Å²) in [6, 6.07) is 18.2. The molecule has 96 valence electrons. The Kier molecular flexibility index (Phi) is 4.10. The number of hydrogen-bond acceptors (Lipinski definition) is 2. The van der Waals surface area contributed by atoms with E-state index in [4.69, 9.17) is 5.11 Å². The Morgan fingerprint density at radius 3 is 2.00 bits per heavy atom. The average molecular weight is 251 g/mol. The number of aliphatic hydroxyl groups is 1. The molecule has 0 heterocycles. The molecule has 1 atom stereocenters. The summed E-state index contributed by atoms with van der Waals surface area (Å²) in [5.74, 6) is 2.76. The highest BCUT2D eigenvalue weighted by molar-refractivity contribution is 5.49. The summed E-state index contributed by atoms with van der Waals surface area (Å²) in [6.07, 6.45) is 2.04. The van der Waals surface area contributed by atoms with E-state index in [1.807, 2.05) is 50.5 Å². The molecule has 19 heavy (non-hydrogen) atoms. The van der Waals surface area contributed by atoms with Gasteiger partial charge in [0.1, 0.15) is 6.11 Å². The van der Waals surface area contributed by atoms with Crippen molar-refractivity contribution >= 4 is 5.69 Å². The van der Waals surface area contributed by atoms with Gasteiger partial charge in [0.2, 0.25) is 0 Å². The number of hydrogen-bond donors (Lipinski definition) is 1. The van der Waals surface area contributed by atoms with E-state index in [9.17, 15) is 0 Å². The molecule has 0 spiro atoms. The van der Waals surface area contributed by atoms with Gasteiger partial charge in [0, 0.05) is 19.8 Å².